The minimum atomic E-state index is -0.854. The van der Waals surface area contributed by atoms with Gasteiger partial charge in [0.25, 0.3) is 0 Å². The average Bonchev–Trinajstić information content (AvgIpc) is 2.26. The van der Waals surface area contributed by atoms with Crippen LogP contribution in [0.3, 0.4) is 0 Å². The van der Waals surface area contributed by atoms with Crippen LogP contribution in [0.2, 0.25) is 5.02 Å². The van der Waals surface area contributed by atoms with Crippen molar-refractivity contribution in [3.8, 4) is 11.5 Å². The smallest absolute Gasteiger partial charge is 0.336 e. The van der Waals surface area contributed by atoms with E-state index in [0.29, 0.717) is 0 Å². The third kappa shape index (κ3) is 2.21. The maximum absolute atomic E-state index is 10.8. The molecular weight excluding hydrogens is 256 g/mol. The normalized spacial score (nSPS) is 9.82. The van der Waals surface area contributed by atoms with Gasteiger partial charge < -0.3 is 9.47 Å². The van der Waals surface area contributed by atoms with Gasteiger partial charge in [-0.3, -0.25) is 20.2 Å². The molecular formula is C8H7ClN2O6. The summed E-state index contributed by atoms with van der Waals surface area (Å²) in [5, 5.41) is 20.9. The lowest BCUT2D eigenvalue weighted by Crippen LogP contribution is -2.01. The molecule has 0 spiro atoms. The topological polar surface area (TPSA) is 105 Å². The molecule has 0 atom stereocenters. The molecule has 0 aliphatic carbocycles. The minimum absolute atomic E-state index is 0.206. The monoisotopic (exact) mass is 262 g/mol. The SMILES string of the molecule is COc1cc(OC)c([N+](=O)[O-])c(Cl)c1[N+](=O)[O-]. The quantitative estimate of drug-likeness (QED) is 0.608. The highest BCUT2D eigenvalue weighted by atomic mass is 35.5. The lowest BCUT2D eigenvalue weighted by atomic mass is 10.2. The van der Waals surface area contributed by atoms with Gasteiger partial charge in [-0.05, 0) is 0 Å². The maximum Gasteiger partial charge on any atom is 0.336 e. The summed E-state index contributed by atoms with van der Waals surface area (Å²) in [6, 6.07) is 1.04. The van der Waals surface area contributed by atoms with E-state index >= 15 is 0 Å². The molecule has 0 aromatic heterocycles. The van der Waals surface area contributed by atoms with Gasteiger partial charge >= 0.3 is 11.4 Å². The Morgan fingerprint density at radius 2 is 1.41 bits per heavy atom. The van der Waals surface area contributed by atoms with Crippen molar-refractivity contribution in [2.24, 2.45) is 0 Å². The van der Waals surface area contributed by atoms with Crippen LogP contribution >= 0.6 is 11.6 Å². The first-order valence-electron chi connectivity index (χ1n) is 4.17. The van der Waals surface area contributed by atoms with Gasteiger partial charge in [0.1, 0.15) is 0 Å². The minimum Gasteiger partial charge on any atom is -0.490 e. The van der Waals surface area contributed by atoms with Crippen molar-refractivity contribution in [3.05, 3.63) is 31.3 Å². The van der Waals surface area contributed by atoms with Crippen molar-refractivity contribution in [2.45, 2.75) is 0 Å². The third-order valence-electron chi connectivity index (χ3n) is 1.95. The van der Waals surface area contributed by atoms with E-state index in [-0.39, 0.29) is 11.5 Å². The van der Waals surface area contributed by atoms with Crippen LogP contribution < -0.4 is 9.47 Å². The van der Waals surface area contributed by atoms with Crippen LogP contribution in [-0.4, -0.2) is 24.1 Å². The summed E-state index contributed by atoms with van der Waals surface area (Å²) in [6.45, 7) is 0. The van der Waals surface area contributed by atoms with E-state index in [1.165, 1.54) is 14.2 Å². The lowest BCUT2D eigenvalue weighted by molar-refractivity contribution is -0.395. The number of halogens is 1. The molecule has 17 heavy (non-hydrogen) atoms. The van der Waals surface area contributed by atoms with Crippen LogP contribution in [0.1, 0.15) is 0 Å². The van der Waals surface area contributed by atoms with Crippen molar-refractivity contribution in [1.29, 1.82) is 0 Å². The van der Waals surface area contributed by atoms with Crippen LogP contribution in [-0.2, 0) is 0 Å². The van der Waals surface area contributed by atoms with Crippen molar-refractivity contribution in [3.63, 3.8) is 0 Å². The van der Waals surface area contributed by atoms with Crippen LogP contribution in [0.25, 0.3) is 0 Å². The van der Waals surface area contributed by atoms with Crippen LogP contribution in [0.15, 0.2) is 6.07 Å². The highest BCUT2D eigenvalue weighted by Gasteiger charge is 2.33. The number of rotatable bonds is 4. The number of hydrogen-bond donors (Lipinski definition) is 0. The molecule has 0 aliphatic rings. The lowest BCUT2D eigenvalue weighted by Gasteiger charge is -2.07. The third-order valence-corrected chi connectivity index (χ3v) is 2.31. The van der Waals surface area contributed by atoms with Crippen molar-refractivity contribution in [2.75, 3.05) is 14.2 Å². The van der Waals surface area contributed by atoms with Gasteiger partial charge in [0.15, 0.2) is 0 Å². The van der Waals surface area contributed by atoms with Crippen LogP contribution in [0.5, 0.6) is 11.5 Å². The molecule has 0 heterocycles. The second kappa shape index (κ2) is 4.83. The van der Waals surface area contributed by atoms with Gasteiger partial charge in [0.2, 0.25) is 16.5 Å². The van der Waals surface area contributed by atoms with Crippen LogP contribution in [0, 0.1) is 20.2 Å². The molecule has 0 saturated carbocycles. The standard InChI is InChI=1S/C8H7ClN2O6/c1-16-4-3-5(17-2)8(11(14)15)6(9)7(4)10(12)13/h3H,1-2H3. The number of nitrogens with zero attached hydrogens (tertiary/aromatic N) is 2. The molecule has 0 fully saturated rings. The molecule has 0 aliphatic heterocycles. The summed E-state index contributed by atoms with van der Waals surface area (Å²) in [5.74, 6) is -0.412. The van der Waals surface area contributed by atoms with Gasteiger partial charge in [-0.2, -0.15) is 0 Å². The second-order valence-electron chi connectivity index (χ2n) is 2.81. The van der Waals surface area contributed by atoms with E-state index in [4.69, 9.17) is 21.1 Å². The fourth-order valence-electron chi connectivity index (χ4n) is 1.24. The fourth-order valence-corrected chi connectivity index (χ4v) is 1.56. The van der Waals surface area contributed by atoms with E-state index in [0.717, 1.165) is 6.07 Å². The highest BCUT2D eigenvalue weighted by Crippen LogP contribution is 2.46. The van der Waals surface area contributed by atoms with E-state index in [9.17, 15) is 20.2 Å². The number of ether oxygens (including phenoxy) is 2. The predicted molar refractivity (Wildman–Crippen MR) is 57.9 cm³/mol. The van der Waals surface area contributed by atoms with Crippen LogP contribution in [0.4, 0.5) is 11.4 Å². The predicted octanol–water partition coefficient (Wildman–Crippen LogP) is 2.17. The van der Waals surface area contributed by atoms with E-state index in [1.54, 1.807) is 0 Å². The zero-order valence-electron chi connectivity index (χ0n) is 8.80. The number of methoxy groups -OCH3 is 2. The van der Waals surface area contributed by atoms with Crippen molar-refractivity contribution in [1.82, 2.24) is 0 Å². The Hall–Kier alpha value is -2.09. The molecule has 1 rings (SSSR count). The number of nitro groups is 2. The number of nitro benzene ring substituents is 2. The van der Waals surface area contributed by atoms with E-state index < -0.39 is 26.2 Å². The molecule has 8 nitrogen and oxygen atoms in total. The zero-order valence-corrected chi connectivity index (χ0v) is 9.56. The second-order valence-corrected chi connectivity index (χ2v) is 3.18. The first-order valence-corrected chi connectivity index (χ1v) is 4.55. The molecule has 0 N–H and O–H groups in total. The molecule has 1 aromatic carbocycles. The maximum atomic E-state index is 10.8. The Labute approximate surface area is 100.0 Å². The summed E-state index contributed by atoms with van der Waals surface area (Å²) in [6.07, 6.45) is 0. The van der Waals surface area contributed by atoms with Gasteiger partial charge in [-0.1, -0.05) is 11.6 Å². The molecule has 9 heteroatoms. The van der Waals surface area contributed by atoms with E-state index in [2.05, 4.69) is 0 Å². The molecule has 0 radical (unpaired) electrons. The molecule has 0 amide bonds. The van der Waals surface area contributed by atoms with Gasteiger partial charge in [-0.15, -0.1) is 0 Å². The summed E-state index contributed by atoms with van der Waals surface area (Å²) in [5.41, 5.74) is -1.33. The summed E-state index contributed by atoms with van der Waals surface area (Å²) >= 11 is 5.62. The Morgan fingerprint density at radius 3 is 1.65 bits per heavy atom. The molecule has 92 valence electrons. The molecule has 0 unspecified atom stereocenters. The zero-order chi connectivity index (χ0) is 13.2. The number of hydrogen-bond acceptors (Lipinski definition) is 6. The highest BCUT2D eigenvalue weighted by molar-refractivity contribution is 6.35. The Morgan fingerprint density at radius 1 is 1.06 bits per heavy atom. The van der Waals surface area contributed by atoms with E-state index in [1.807, 2.05) is 0 Å². The molecule has 0 bridgehead atoms. The average molecular weight is 263 g/mol. The first-order chi connectivity index (χ1) is 7.93. The molecule has 0 saturated heterocycles. The van der Waals surface area contributed by atoms with Crippen molar-refractivity contribution >= 4 is 23.0 Å². The summed E-state index contributed by atoms with van der Waals surface area (Å²) in [7, 11) is 2.37. The van der Waals surface area contributed by atoms with Gasteiger partial charge in [-0.25, -0.2) is 0 Å². The largest absolute Gasteiger partial charge is 0.490 e. The van der Waals surface area contributed by atoms with Gasteiger partial charge in [0.05, 0.1) is 24.1 Å². The van der Waals surface area contributed by atoms with Crippen molar-refractivity contribution < 1.29 is 19.3 Å². The Bertz CT molecular complexity index is 449. The van der Waals surface area contributed by atoms with Gasteiger partial charge in [0, 0.05) is 6.07 Å². The molecule has 1 aromatic rings. The summed E-state index contributed by atoms with van der Waals surface area (Å²) < 4.78 is 9.47. The fraction of sp³-hybridized carbons (Fsp3) is 0.250. The summed E-state index contributed by atoms with van der Waals surface area (Å²) in [4.78, 5) is 19.8. The Balaban J connectivity index is 3.67. The first kappa shape index (κ1) is 13.0. The number of benzene rings is 1. The Kier molecular flexibility index (Phi) is 3.69.